The van der Waals surface area contributed by atoms with Crippen LogP contribution in [0.15, 0.2) is 53.3 Å². The third-order valence-corrected chi connectivity index (χ3v) is 4.00. The molecule has 2 N–H and O–H groups in total. The first-order valence-electron chi connectivity index (χ1n) is 8.01. The van der Waals surface area contributed by atoms with Crippen molar-refractivity contribution in [2.75, 3.05) is 5.32 Å². The molecule has 0 radical (unpaired) electrons. The molecular weight excluding hydrogens is 335 g/mol. The molecule has 0 atom stereocenters. The van der Waals surface area contributed by atoms with E-state index in [1.165, 1.54) is 10.7 Å². The van der Waals surface area contributed by atoms with Gasteiger partial charge in [-0.3, -0.25) is 4.79 Å². The molecule has 0 aliphatic carbocycles. The summed E-state index contributed by atoms with van der Waals surface area (Å²) < 4.78 is 15.3. The SMILES string of the molecule is Cc1cccc(Nc2n[nH]c(=O)c3c2nnn3Cc2ccccc2F)c1. The molecule has 0 spiro atoms. The number of nitrogens with zero attached hydrogens (tertiary/aromatic N) is 4. The number of hydrogen-bond donors (Lipinski definition) is 2. The zero-order valence-corrected chi connectivity index (χ0v) is 13.9. The molecule has 0 aliphatic heterocycles. The van der Waals surface area contributed by atoms with Crippen molar-refractivity contribution in [3.8, 4) is 0 Å². The highest BCUT2D eigenvalue weighted by Gasteiger charge is 2.16. The van der Waals surface area contributed by atoms with E-state index in [1.807, 2.05) is 31.2 Å². The summed E-state index contributed by atoms with van der Waals surface area (Å²) >= 11 is 0. The second-order valence-corrected chi connectivity index (χ2v) is 5.93. The van der Waals surface area contributed by atoms with Crippen LogP contribution >= 0.6 is 0 Å². The van der Waals surface area contributed by atoms with Gasteiger partial charge in [-0.25, -0.2) is 14.2 Å². The lowest BCUT2D eigenvalue weighted by atomic mass is 10.2. The lowest BCUT2D eigenvalue weighted by molar-refractivity contribution is 0.583. The maximum absolute atomic E-state index is 13.9. The lowest BCUT2D eigenvalue weighted by Crippen LogP contribution is -2.15. The predicted octanol–water partition coefficient (Wildman–Crippen LogP) is 2.75. The zero-order chi connectivity index (χ0) is 18.1. The largest absolute Gasteiger partial charge is 0.337 e. The molecule has 2 aromatic heterocycles. The van der Waals surface area contributed by atoms with Crippen LogP contribution in [-0.2, 0) is 6.54 Å². The molecule has 0 aliphatic rings. The minimum atomic E-state index is -0.434. The maximum atomic E-state index is 13.9. The lowest BCUT2D eigenvalue weighted by Gasteiger charge is -2.07. The molecule has 4 rings (SSSR count). The molecule has 7 nitrogen and oxygen atoms in total. The van der Waals surface area contributed by atoms with E-state index in [4.69, 9.17) is 0 Å². The summed E-state index contributed by atoms with van der Waals surface area (Å²) in [5.74, 6) is 0.0183. The van der Waals surface area contributed by atoms with E-state index in [9.17, 15) is 9.18 Å². The normalized spacial score (nSPS) is 11.0. The van der Waals surface area contributed by atoms with Crippen LogP contribution in [0.2, 0.25) is 0 Å². The molecule has 0 fully saturated rings. The van der Waals surface area contributed by atoms with Gasteiger partial charge in [0, 0.05) is 11.3 Å². The molecule has 0 saturated heterocycles. The summed E-state index contributed by atoms with van der Waals surface area (Å²) in [6.07, 6.45) is 0. The Morgan fingerprint density at radius 2 is 2.04 bits per heavy atom. The Hall–Kier alpha value is -3.55. The minimum absolute atomic E-state index is 0.0974. The van der Waals surface area contributed by atoms with Crippen molar-refractivity contribution in [3.05, 3.63) is 75.8 Å². The number of H-pyrrole nitrogens is 1. The number of anilines is 2. The molecule has 4 aromatic rings. The molecule has 2 heterocycles. The van der Waals surface area contributed by atoms with E-state index in [-0.39, 0.29) is 17.9 Å². The van der Waals surface area contributed by atoms with Crippen LogP contribution in [0.1, 0.15) is 11.1 Å². The van der Waals surface area contributed by atoms with E-state index in [0.29, 0.717) is 16.9 Å². The summed E-state index contributed by atoms with van der Waals surface area (Å²) in [4.78, 5) is 12.3. The van der Waals surface area contributed by atoms with Crippen molar-refractivity contribution in [1.82, 2.24) is 25.2 Å². The number of aryl methyl sites for hydroxylation is 1. The van der Waals surface area contributed by atoms with Crippen molar-refractivity contribution in [2.45, 2.75) is 13.5 Å². The van der Waals surface area contributed by atoms with Gasteiger partial charge in [-0.2, -0.15) is 5.10 Å². The monoisotopic (exact) mass is 350 g/mol. The van der Waals surface area contributed by atoms with Crippen LogP contribution in [0.25, 0.3) is 11.0 Å². The topological polar surface area (TPSA) is 88.5 Å². The summed E-state index contributed by atoms with van der Waals surface area (Å²) in [6.45, 7) is 2.08. The standard InChI is InChI=1S/C18H15FN6O/c1-11-5-4-7-13(9-11)20-17-15-16(18(26)23-22-17)25(24-21-15)10-12-6-2-3-8-14(12)19/h2-9H,10H2,1H3,(H,20,22)(H,23,26). The second-order valence-electron chi connectivity index (χ2n) is 5.93. The fourth-order valence-corrected chi connectivity index (χ4v) is 2.76. The summed E-state index contributed by atoms with van der Waals surface area (Å²) in [6, 6.07) is 14.1. The quantitative estimate of drug-likeness (QED) is 0.591. The Morgan fingerprint density at radius 1 is 1.19 bits per heavy atom. The fraction of sp³-hybridized carbons (Fsp3) is 0.111. The molecule has 0 saturated carbocycles. The smallest absolute Gasteiger partial charge is 0.292 e. The van der Waals surface area contributed by atoms with E-state index in [0.717, 1.165) is 11.3 Å². The third kappa shape index (κ3) is 2.92. The molecule has 0 unspecified atom stereocenters. The van der Waals surface area contributed by atoms with Crippen molar-refractivity contribution >= 4 is 22.5 Å². The predicted molar refractivity (Wildman–Crippen MR) is 95.9 cm³/mol. The molecule has 0 bridgehead atoms. The number of fused-ring (bicyclic) bond motifs is 1. The molecular formula is C18H15FN6O. The summed E-state index contributed by atoms with van der Waals surface area (Å²) in [5, 5.41) is 17.7. The number of rotatable bonds is 4. The Morgan fingerprint density at radius 3 is 2.85 bits per heavy atom. The van der Waals surface area contributed by atoms with Gasteiger partial charge in [-0.05, 0) is 30.7 Å². The summed E-state index contributed by atoms with van der Waals surface area (Å²) in [5.41, 5.74) is 2.44. The van der Waals surface area contributed by atoms with Crippen molar-refractivity contribution in [1.29, 1.82) is 0 Å². The van der Waals surface area contributed by atoms with Crippen molar-refractivity contribution in [2.24, 2.45) is 0 Å². The van der Waals surface area contributed by atoms with Crippen LogP contribution < -0.4 is 10.9 Å². The Bertz CT molecular complexity index is 1150. The van der Waals surface area contributed by atoms with Crippen LogP contribution in [0.5, 0.6) is 0 Å². The van der Waals surface area contributed by atoms with E-state index in [2.05, 4.69) is 25.8 Å². The number of benzene rings is 2. The first kappa shape index (κ1) is 15.9. The number of halogens is 1. The number of aromatic amines is 1. The highest BCUT2D eigenvalue weighted by molar-refractivity contribution is 5.86. The number of nitrogens with one attached hydrogen (secondary N) is 2. The van der Waals surface area contributed by atoms with Crippen LogP contribution in [0.3, 0.4) is 0 Å². The Labute approximate surface area is 147 Å². The second kappa shape index (κ2) is 6.40. The zero-order valence-electron chi connectivity index (χ0n) is 13.9. The van der Waals surface area contributed by atoms with Crippen LogP contribution in [0.4, 0.5) is 15.9 Å². The fourth-order valence-electron chi connectivity index (χ4n) is 2.76. The van der Waals surface area contributed by atoms with Crippen LogP contribution in [-0.4, -0.2) is 25.2 Å². The molecule has 2 aromatic carbocycles. The van der Waals surface area contributed by atoms with Gasteiger partial charge in [0.05, 0.1) is 6.54 Å². The van der Waals surface area contributed by atoms with Crippen molar-refractivity contribution in [3.63, 3.8) is 0 Å². The molecule has 0 amide bonds. The Balaban J connectivity index is 1.76. The third-order valence-electron chi connectivity index (χ3n) is 4.00. The average Bonchev–Trinajstić information content (AvgIpc) is 3.04. The Kier molecular flexibility index (Phi) is 3.92. The molecule has 8 heteroatoms. The number of aromatic nitrogens is 5. The average molecular weight is 350 g/mol. The first-order chi connectivity index (χ1) is 12.6. The van der Waals surface area contributed by atoms with E-state index in [1.54, 1.807) is 18.2 Å². The minimum Gasteiger partial charge on any atom is -0.337 e. The van der Waals surface area contributed by atoms with Crippen LogP contribution in [0, 0.1) is 12.7 Å². The van der Waals surface area contributed by atoms with Gasteiger partial charge in [0.15, 0.2) is 16.9 Å². The van der Waals surface area contributed by atoms with Gasteiger partial charge >= 0.3 is 0 Å². The highest BCUT2D eigenvalue weighted by Crippen LogP contribution is 2.21. The van der Waals surface area contributed by atoms with E-state index >= 15 is 0 Å². The molecule has 130 valence electrons. The van der Waals surface area contributed by atoms with E-state index < -0.39 is 5.56 Å². The maximum Gasteiger partial charge on any atom is 0.292 e. The molecule has 26 heavy (non-hydrogen) atoms. The van der Waals surface area contributed by atoms with Gasteiger partial charge in [-0.15, -0.1) is 5.10 Å². The summed E-state index contributed by atoms with van der Waals surface area (Å²) in [7, 11) is 0. The van der Waals surface area contributed by atoms with Gasteiger partial charge in [-0.1, -0.05) is 35.5 Å². The van der Waals surface area contributed by atoms with Gasteiger partial charge in [0.1, 0.15) is 5.82 Å². The number of hydrogen-bond acceptors (Lipinski definition) is 5. The van der Waals surface area contributed by atoms with Gasteiger partial charge in [0.2, 0.25) is 0 Å². The highest BCUT2D eigenvalue weighted by atomic mass is 19.1. The van der Waals surface area contributed by atoms with Crippen molar-refractivity contribution < 1.29 is 4.39 Å². The first-order valence-corrected chi connectivity index (χ1v) is 8.01. The van der Waals surface area contributed by atoms with Gasteiger partial charge in [0.25, 0.3) is 5.56 Å². The van der Waals surface area contributed by atoms with Gasteiger partial charge < -0.3 is 5.32 Å².